The molecule has 16 heavy (non-hydrogen) atoms. The number of methoxy groups -OCH3 is 1. The van der Waals surface area contributed by atoms with Crippen LogP contribution in [-0.4, -0.2) is 13.3 Å². The van der Waals surface area contributed by atoms with E-state index >= 15 is 0 Å². The smallest absolute Gasteiger partial charge is 0.390 e. The maximum Gasteiger partial charge on any atom is 0.390 e. The first kappa shape index (κ1) is 12.8. The fourth-order valence-corrected chi connectivity index (χ4v) is 1.27. The molecule has 0 aromatic heterocycles. The van der Waals surface area contributed by atoms with Gasteiger partial charge in [0.25, 0.3) is 0 Å². The highest BCUT2D eigenvalue weighted by Gasteiger charge is 2.31. The summed E-state index contributed by atoms with van der Waals surface area (Å²) in [5, 5.41) is 0. The van der Waals surface area contributed by atoms with Gasteiger partial charge in [0, 0.05) is 6.04 Å². The normalized spacial score (nSPS) is 13.6. The van der Waals surface area contributed by atoms with E-state index in [0.717, 1.165) is 6.07 Å². The number of hydrogen-bond acceptors (Lipinski definition) is 2. The third-order valence-electron chi connectivity index (χ3n) is 2.05. The molecule has 1 aromatic rings. The number of halogens is 4. The molecule has 1 atom stereocenters. The summed E-state index contributed by atoms with van der Waals surface area (Å²) in [6.45, 7) is 0. The summed E-state index contributed by atoms with van der Waals surface area (Å²) in [4.78, 5) is 0. The molecule has 0 aliphatic heterocycles. The zero-order chi connectivity index (χ0) is 12.3. The summed E-state index contributed by atoms with van der Waals surface area (Å²) in [6, 6.07) is 2.21. The van der Waals surface area contributed by atoms with Gasteiger partial charge in [-0.3, -0.25) is 0 Å². The van der Waals surface area contributed by atoms with Crippen LogP contribution in [0.4, 0.5) is 17.6 Å². The van der Waals surface area contributed by atoms with Crippen LogP contribution in [0, 0.1) is 5.82 Å². The largest absolute Gasteiger partial charge is 0.494 e. The first-order valence-corrected chi connectivity index (χ1v) is 4.49. The second-order valence-electron chi connectivity index (χ2n) is 3.32. The molecular formula is C10H11F4NO. The molecule has 0 aliphatic rings. The van der Waals surface area contributed by atoms with Crippen LogP contribution < -0.4 is 10.5 Å². The minimum atomic E-state index is -4.35. The van der Waals surface area contributed by atoms with Gasteiger partial charge in [0.15, 0.2) is 11.6 Å². The van der Waals surface area contributed by atoms with Crippen molar-refractivity contribution < 1.29 is 22.3 Å². The topological polar surface area (TPSA) is 35.2 Å². The first-order chi connectivity index (χ1) is 7.33. The van der Waals surface area contributed by atoms with Crippen molar-refractivity contribution in [1.29, 1.82) is 0 Å². The highest BCUT2D eigenvalue weighted by Crippen LogP contribution is 2.30. The Bertz CT molecular complexity index is 364. The summed E-state index contributed by atoms with van der Waals surface area (Å²) < 4.78 is 53.8. The molecule has 6 heteroatoms. The van der Waals surface area contributed by atoms with Crippen LogP contribution in [0.25, 0.3) is 0 Å². The van der Waals surface area contributed by atoms with Crippen molar-refractivity contribution in [2.45, 2.75) is 18.6 Å². The lowest BCUT2D eigenvalue weighted by Gasteiger charge is -2.15. The molecule has 0 radical (unpaired) electrons. The zero-order valence-electron chi connectivity index (χ0n) is 8.51. The Morgan fingerprint density at radius 1 is 1.38 bits per heavy atom. The average molecular weight is 237 g/mol. The third-order valence-corrected chi connectivity index (χ3v) is 2.05. The standard InChI is InChI=1S/C10H11F4NO/c1-16-9-4-6(2-3-7(9)11)8(15)5-10(12,13)14/h2-4,8H,5,15H2,1H3/t8-/m1/s1. The first-order valence-electron chi connectivity index (χ1n) is 4.49. The Kier molecular flexibility index (Phi) is 3.74. The molecule has 0 saturated carbocycles. The molecule has 0 fully saturated rings. The van der Waals surface area contributed by atoms with E-state index in [1.54, 1.807) is 0 Å². The highest BCUT2D eigenvalue weighted by atomic mass is 19.4. The quantitative estimate of drug-likeness (QED) is 0.820. The van der Waals surface area contributed by atoms with Crippen molar-refractivity contribution in [1.82, 2.24) is 0 Å². The Morgan fingerprint density at radius 2 is 2.00 bits per heavy atom. The van der Waals surface area contributed by atoms with E-state index < -0.39 is 24.5 Å². The molecule has 1 aromatic carbocycles. The van der Waals surface area contributed by atoms with Gasteiger partial charge in [-0.1, -0.05) is 6.07 Å². The molecule has 0 saturated heterocycles. The van der Waals surface area contributed by atoms with Gasteiger partial charge in [0.05, 0.1) is 13.5 Å². The zero-order valence-corrected chi connectivity index (χ0v) is 8.51. The Balaban J connectivity index is 2.88. The number of ether oxygens (including phenoxy) is 1. The molecule has 2 nitrogen and oxygen atoms in total. The van der Waals surface area contributed by atoms with Crippen LogP contribution in [0.15, 0.2) is 18.2 Å². The minimum absolute atomic E-state index is 0.116. The lowest BCUT2D eigenvalue weighted by atomic mass is 10.0. The van der Waals surface area contributed by atoms with Crippen molar-refractivity contribution in [2.24, 2.45) is 5.73 Å². The van der Waals surface area contributed by atoms with Crippen molar-refractivity contribution in [3.8, 4) is 5.75 Å². The van der Waals surface area contributed by atoms with E-state index in [0.29, 0.717) is 0 Å². The van der Waals surface area contributed by atoms with Crippen molar-refractivity contribution in [3.05, 3.63) is 29.6 Å². The molecule has 0 spiro atoms. The van der Waals surface area contributed by atoms with Gasteiger partial charge >= 0.3 is 6.18 Å². The lowest BCUT2D eigenvalue weighted by molar-refractivity contribution is -0.138. The molecule has 0 bridgehead atoms. The predicted molar refractivity (Wildman–Crippen MR) is 50.6 cm³/mol. The predicted octanol–water partition coefficient (Wildman–Crippen LogP) is 2.79. The van der Waals surface area contributed by atoms with E-state index in [-0.39, 0.29) is 11.3 Å². The van der Waals surface area contributed by atoms with E-state index in [9.17, 15) is 17.6 Å². The van der Waals surface area contributed by atoms with E-state index in [1.165, 1.54) is 19.2 Å². The van der Waals surface area contributed by atoms with Crippen molar-refractivity contribution in [2.75, 3.05) is 7.11 Å². The SMILES string of the molecule is COc1cc([C@H](N)CC(F)(F)F)ccc1F. The van der Waals surface area contributed by atoms with Gasteiger partial charge < -0.3 is 10.5 Å². The van der Waals surface area contributed by atoms with Crippen LogP contribution in [0.2, 0.25) is 0 Å². The summed E-state index contributed by atoms with van der Waals surface area (Å²) in [5.41, 5.74) is 5.55. The summed E-state index contributed by atoms with van der Waals surface area (Å²) in [6.07, 6.45) is -5.50. The van der Waals surface area contributed by atoms with Gasteiger partial charge in [-0.25, -0.2) is 4.39 Å². The molecule has 0 aliphatic carbocycles. The van der Waals surface area contributed by atoms with Gasteiger partial charge in [0.2, 0.25) is 0 Å². The van der Waals surface area contributed by atoms with Crippen LogP contribution in [-0.2, 0) is 0 Å². The number of hydrogen-bond donors (Lipinski definition) is 1. The maximum atomic E-state index is 13.0. The fraction of sp³-hybridized carbons (Fsp3) is 0.400. The molecule has 2 N–H and O–H groups in total. The van der Waals surface area contributed by atoms with Gasteiger partial charge in [-0.05, 0) is 17.7 Å². The Labute approximate surface area is 90.0 Å². The Morgan fingerprint density at radius 3 is 2.50 bits per heavy atom. The highest BCUT2D eigenvalue weighted by molar-refractivity contribution is 5.32. The van der Waals surface area contributed by atoms with Crippen LogP contribution >= 0.6 is 0 Å². The molecule has 0 unspecified atom stereocenters. The van der Waals surface area contributed by atoms with Crippen molar-refractivity contribution in [3.63, 3.8) is 0 Å². The summed E-state index contributed by atoms with van der Waals surface area (Å²) >= 11 is 0. The Hall–Kier alpha value is -1.30. The number of nitrogens with two attached hydrogens (primary N) is 1. The van der Waals surface area contributed by atoms with E-state index in [4.69, 9.17) is 5.73 Å². The van der Waals surface area contributed by atoms with Crippen LogP contribution in [0.3, 0.4) is 0 Å². The molecular weight excluding hydrogens is 226 g/mol. The second-order valence-corrected chi connectivity index (χ2v) is 3.32. The number of benzene rings is 1. The maximum absolute atomic E-state index is 13.0. The average Bonchev–Trinajstić information content (AvgIpc) is 2.15. The molecule has 0 heterocycles. The lowest BCUT2D eigenvalue weighted by Crippen LogP contribution is -2.20. The van der Waals surface area contributed by atoms with Gasteiger partial charge in [0.1, 0.15) is 0 Å². The van der Waals surface area contributed by atoms with Gasteiger partial charge in [-0.15, -0.1) is 0 Å². The van der Waals surface area contributed by atoms with Crippen LogP contribution in [0.1, 0.15) is 18.0 Å². The van der Waals surface area contributed by atoms with Gasteiger partial charge in [-0.2, -0.15) is 13.2 Å². The summed E-state index contributed by atoms with van der Waals surface area (Å²) in [5.74, 6) is -0.749. The molecule has 0 amide bonds. The van der Waals surface area contributed by atoms with Crippen LogP contribution in [0.5, 0.6) is 5.75 Å². The second kappa shape index (κ2) is 4.69. The molecule has 1 rings (SSSR count). The molecule has 90 valence electrons. The minimum Gasteiger partial charge on any atom is -0.494 e. The third kappa shape index (κ3) is 3.37. The fourth-order valence-electron chi connectivity index (χ4n) is 1.27. The number of alkyl halides is 3. The monoisotopic (exact) mass is 237 g/mol. The van der Waals surface area contributed by atoms with E-state index in [1.807, 2.05) is 0 Å². The summed E-state index contributed by atoms with van der Waals surface area (Å²) in [7, 11) is 1.23. The number of rotatable bonds is 3. The van der Waals surface area contributed by atoms with Crippen molar-refractivity contribution >= 4 is 0 Å². The van der Waals surface area contributed by atoms with E-state index in [2.05, 4.69) is 4.74 Å².